The number of piperidine rings is 1. The summed E-state index contributed by atoms with van der Waals surface area (Å²) in [6.45, 7) is 1.91. The Morgan fingerprint density at radius 1 is 1.25 bits per heavy atom. The molecule has 2 aliphatic heterocycles. The fourth-order valence-electron chi connectivity index (χ4n) is 2.80. The Balaban J connectivity index is 1.51. The van der Waals surface area contributed by atoms with Gasteiger partial charge in [0.1, 0.15) is 5.82 Å². The van der Waals surface area contributed by atoms with Crippen LogP contribution in [0, 0.1) is 0 Å². The van der Waals surface area contributed by atoms with Gasteiger partial charge in [-0.05, 0) is 25.0 Å². The van der Waals surface area contributed by atoms with Crippen molar-refractivity contribution in [2.75, 3.05) is 23.7 Å². The summed E-state index contributed by atoms with van der Waals surface area (Å²) in [5.74, 6) is 1.22. The minimum Gasteiger partial charge on any atom is -0.357 e. The van der Waals surface area contributed by atoms with Gasteiger partial charge in [-0.1, -0.05) is 12.1 Å². The van der Waals surface area contributed by atoms with Gasteiger partial charge in [0.25, 0.3) is 0 Å². The number of aromatic nitrogens is 1. The molecule has 108 valence electrons. The van der Waals surface area contributed by atoms with Crippen molar-refractivity contribution in [3.8, 4) is 0 Å². The molecule has 5 nitrogen and oxygen atoms in total. The van der Waals surface area contributed by atoms with Crippen LogP contribution < -0.4 is 10.2 Å². The summed E-state index contributed by atoms with van der Waals surface area (Å²) in [4.78, 5) is 6.64. The van der Waals surface area contributed by atoms with Gasteiger partial charge in [-0.15, -0.1) is 0 Å². The van der Waals surface area contributed by atoms with E-state index < -0.39 is 9.84 Å². The lowest BCUT2D eigenvalue weighted by atomic mass is 10.0. The Morgan fingerprint density at radius 2 is 2.05 bits per heavy atom. The SMILES string of the molecule is O=S1(=O)C=CC(NC2CCN(c3ccccn3)CC2)C1. The van der Waals surface area contributed by atoms with Crippen LogP contribution in [0.2, 0.25) is 0 Å². The highest BCUT2D eigenvalue weighted by atomic mass is 32.2. The lowest BCUT2D eigenvalue weighted by Gasteiger charge is -2.34. The highest BCUT2D eigenvalue weighted by Gasteiger charge is 2.26. The Hall–Kier alpha value is -1.40. The third kappa shape index (κ3) is 3.19. The smallest absolute Gasteiger partial charge is 0.173 e. The standard InChI is InChI=1S/C14H19N3O2S/c18-20(19)10-6-13(11-20)16-12-4-8-17(9-5-12)14-3-1-2-7-15-14/h1-3,6-7,10,12-13,16H,4-5,8-9,11H2. The molecule has 0 aromatic carbocycles. The van der Waals surface area contributed by atoms with Crippen LogP contribution in [0.4, 0.5) is 5.82 Å². The minimum atomic E-state index is -2.96. The molecule has 1 atom stereocenters. The molecule has 3 rings (SSSR count). The van der Waals surface area contributed by atoms with Gasteiger partial charge in [-0.3, -0.25) is 0 Å². The van der Waals surface area contributed by atoms with Crippen LogP contribution in [0.25, 0.3) is 0 Å². The molecule has 1 N–H and O–H groups in total. The number of hydrogen-bond acceptors (Lipinski definition) is 5. The van der Waals surface area contributed by atoms with Gasteiger partial charge < -0.3 is 10.2 Å². The Morgan fingerprint density at radius 3 is 2.65 bits per heavy atom. The van der Waals surface area contributed by atoms with Crippen LogP contribution in [0.15, 0.2) is 35.9 Å². The first kappa shape index (κ1) is 13.6. The molecule has 0 saturated carbocycles. The minimum absolute atomic E-state index is 0.0219. The first-order valence-electron chi connectivity index (χ1n) is 6.95. The Bertz CT molecular complexity index is 578. The van der Waals surface area contributed by atoms with Gasteiger partial charge in [-0.2, -0.15) is 0 Å². The number of anilines is 1. The van der Waals surface area contributed by atoms with Crippen molar-refractivity contribution in [1.82, 2.24) is 10.3 Å². The molecule has 2 aliphatic rings. The summed E-state index contributed by atoms with van der Waals surface area (Å²) >= 11 is 0. The molecule has 0 bridgehead atoms. The summed E-state index contributed by atoms with van der Waals surface area (Å²) in [5, 5.41) is 4.76. The molecular formula is C14H19N3O2S. The maximum Gasteiger partial charge on any atom is 0.173 e. The number of pyridine rings is 1. The predicted molar refractivity (Wildman–Crippen MR) is 79.3 cm³/mol. The second-order valence-corrected chi connectivity index (χ2v) is 7.31. The van der Waals surface area contributed by atoms with Gasteiger partial charge in [0, 0.05) is 36.8 Å². The molecule has 6 heteroatoms. The fourth-order valence-corrected chi connectivity index (χ4v) is 4.05. The number of nitrogens with zero attached hydrogens (tertiary/aromatic N) is 2. The fraction of sp³-hybridized carbons (Fsp3) is 0.500. The molecule has 1 fully saturated rings. The first-order chi connectivity index (χ1) is 9.62. The number of hydrogen-bond donors (Lipinski definition) is 1. The van der Waals surface area contributed by atoms with E-state index >= 15 is 0 Å². The maximum absolute atomic E-state index is 11.4. The van der Waals surface area contributed by atoms with E-state index in [1.807, 2.05) is 24.4 Å². The molecule has 0 radical (unpaired) electrons. The summed E-state index contributed by atoms with van der Waals surface area (Å²) in [6.07, 6.45) is 5.61. The molecule has 1 unspecified atom stereocenters. The lowest BCUT2D eigenvalue weighted by Crippen LogP contribution is -2.46. The van der Waals surface area contributed by atoms with E-state index in [0.29, 0.717) is 6.04 Å². The molecule has 0 amide bonds. The van der Waals surface area contributed by atoms with Crippen LogP contribution >= 0.6 is 0 Å². The zero-order valence-electron chi connectivity index (χ0n) is 11.3. The molecule has 1 aromatic rings. The molecule has 0 spiro atoms. The van der Waals surface area contributed by atoms with Crippen molar-refractivity contribution in [2.45, 2.75) is 24.9 Å². The molecule has 1 saturated heterocycles. The van der Waals surface area contributed by atoms with Gasteiger partial charge in [0.05, 0.1) is 5.75 Å². The van der Waals surface area contributed by atoms with Crippen LogP contribution in [0.1, 0.15) is 12.8 Å². The summed E-state index contributed by atoms with van der Waals surface area (Å²) < 4.78 is 22.8. The van der Waals surface area contributed by atoms with Crippen molar-refractivity contribution < 1.29 is 8.42 Å². The van der Waals surface area contributed by atoms with E-state index in [1.54, 1.807) is 6.08 Å². The van der Waals surface area contributed by atoms with Crippen molar-refractivity contribution in [1.29, 1.82) is 0 Å². The van der Waals surface area contributed by atoms with E-state index in [-0.39, 0.29) is 11.8 Å². The Labute approximate surface area is 119 Å². The van der Waals surface area contributed by atoms with Crippen LogP contribution in [-0.2, 0) is 9.84 Å². The van der Waals surface area contributed by atoms with Crippen LogP contribution in [0.5, 0.6) is 0 Å². The largest absolute Gasteiger partial charge is 0.357 e. The summed E-state index contributed by atoms with van der Waals surface area (Å²) in [5.41, 5.74) is 0. The van der Waals surface area contributed by atoms with Gasteiger partial charge in [0.2, 0.25) is 0 Å². The zero-order chi connectivity index (χ0) is 14.0. The quantitative estimate of drug-likeness (QED) is 0.899. The van der Waals surface area contributed by atoms with Gasteiger partial charge >= 0.3 is 0 Å². The summed E-state index contributed by atoms with van der Waals surface area (Å²) in [6, 6.07) is 6.32. The monoisotopic (exact) mass is 293 g/mol. The number of rotatable bonds is 3. The van der Waals surface area contributed by atoms with E-state index in [4.69, 9.17) is 0 Å². The second kappa shape index (κ2) is 5.54. The maximum atomic E-state index is 11.4. The third-order valence-corrected chi connectivity index (χ3v) is 5.24. The van der Waals surface area contributed by atoms with Crippen molar-refractivity contribution in [3.05, 3.63) is 35.9 Å². The molecule has 3 heterocycles. The molecule has 0 aliphatic carbocycles. The highest BCUT2D eigenvalue weighted by molar-refractivity contribution is 7.94. The van der Waals surface area contributed by atoms with Crippen molar-refractivity contribution in [2.24, 2.45) is 0 Å². The van der Waals surface area contributed by atoms with E-state index in [9.17, 15) is 8.42 Å². The predicted octanol–water partition coefficient (Wildman–Crippen LogP) is 0.951. The molecule has 20 heavy (non-hydrogen) atoms. The molecule has 1 aromatic heterocycles. The van der Waals surface area contributed by atoms with Crippen LogP contribution in [-0.4, -0.2) is 44.3 Å². The zero-order valence-corrected chi connectivity index (χ0v) is 12.1. The van der Waals surface area contributed by atoms with Gasteiger partial charge in [-0.25, -0.2) is 13.4 Å². The Kier molecular flexibility index (Phi) is 3.76. The van der Waals surface area contributed by atoms with Crippen molar-refractivity contribution in [3.63, 3.8) is 0 Å². The first-order valence-corrected chi connectivity index (χ1v) is 8.67. The number of sulfone groups is 1. The van der Waals surface area contributed by atoms with Crippen molar-refractivity contribution >= 4 is 15.7 Å². The molecular weight excluding hydrogens is 274 g/mol. The van der Waals surface area contributed by atoms with E-state index in [2.05, 4.69) is 15.2 Å². The third-order valence-electron chi connectivity index (χ3n) is 3.85. The van der Waals surface area contributed by atoms with E-state index in [1.165, 1.54) is 5.41 Å². The van der Waals surface area contributed by atoms with Crippen LogP contribution in [0.3, 0.4) is 0 Å². The second-order valence-electron chi connectivity index (χ2n) is 5.38. The summed E-state index contributed by atoms with van der Waals surface area (Å²) in [7, 11) is -2.96. The number of nitrogens with one attached hydrogen (secondary N) is 1. The lowest BCUT2D eigenvalue weighted by molar-refractivity contribution is 0.400. The van der Waals surface area contributed by atoms with E-state index in [0.717, 1.165) is 31.7 Å². The highest BCUT2D eigenvalue weighted by Crippen LogP contribution is 2.18. The van der Waals surface area contributed by atoms with Gasteiger partial charge in [0.15, 0.2) is 9.84 Å². The average Bonchev–Trinajstić information content (AvgIpc) is 2.80. The topological polar surface area (TPSA) is 62.3 Å². The normalized spacial score (nSPS) is 26.0. The average molecular weight is 293 g/mol.